The van der Waals surface area contributed by atoms with E-state index in [9.17, 15) is 14.7 Å². The van der Waals surface area contributed by atoms with Gasteiger partial charge in [0, 0.05) is 23.4 Å². The van der Waals surface area contributed by atoms with E-state index in [2.05, 4.69) is 29.5 Å². The molecule has 8 heteroatoms. The monoisotopic (exact) mass is 488 g/mol. The van der Waals surface area contributed by atoms with Gasteiger partial charge in [0.15, 0.2) is 5.13 Å². The predicted molar refractivity (Wildman–Crippen MR) is 141 cm³/mol. The molecule has 7 nitrogen and oxygen atoms in total. The number of para-hydroxylation sites is 1. The molecule has 4 aromatic rings. The number of benzene rings is 3. The van der Waals surface area contributed by atoms with Crippen molar-refractivity contribution >= 4 is 44.2 Å². The highest BCUT2D eigenvalue weighted by Crippen LogP contribution is 2.31. The van der Waals surface area contributed by atoms with Crippen LogP contribution in [0.25, 0.3) is 10.2 Å². The van der Waals surface area contributed by atoms with Crippen molar-refractivity contribution in [2.45, 2.75) is 32.6 Å². The second-order valence-corrected chi connectivity index (χ2v) is 9.84. The van der Waals surface area contributed by atoms with Gasteiger partial charge in [-0.2, -0.15) is 0 Å². The highest BCUT2D eigenvalue weighted by Gasteiger charge is 2.25. The van der Waals surface area contributed by atoms with Crippen molar-refractivity contribution in [2.75, 3.05) is 17.6 Å². The second-order valence-electron chi connectivity index (χ2n) is 8.78. The second kappa shape index (κ2) is 10.1. The average Bonchev–Trinajstić information content (AvgIpc) is 3.21. The maximum atomic E-state index is 13.4. The Morgan fingerprint density at radius 3 is 2.54 bits per heavy atom. The van der Waals surface area contributed by atoms with Gasteiger partial charge >= 0.3 is 0 Å². The first-order chi connectivity index (χ1) is 16.7. The summed E-state index contributed by atoms with van der Waals surface area (Å²) < 4.78 is 0.855. The number of rotatable bonds is 7. The smallest absolute Gasteiger partial charge is 0.251 e. The summed E-state index contributed by atoms with van der Waals surface area (Å²) in [6, 6.07) is 18.0. The number of carbonyl (C=O) groups excluding carboxylic acids is 2. The van der Waals surface area contributed by atoms with Crippen molar-refractivity contribution in [2.24, 2.45) is 0 Å². The largest absolute Gasteiger partial charge is 0.507 e. The number of nitrogens with two attached hydrogens (primary N) is 1. The molecule has 0 aliphatic heterocycles. The molecule has 0 spiro atoms. The first-order valence-corrected chi connectivity index (χ1v) is 12.2. The standard InChI is InChI=1S/C27H28N4O3S/c1-15(2)17-7-9-18(10-8-17)25(33)29-14-21(20-6-4-5-16(3)24(20)32)26(34)30-19-11-12-22-23(13-19)35-27(28)31-22/h4-13,15,21,32H,14H2,1-3H3,(H2,28,31)(H,29,33)(H,30,34). The van der Waals surface area contributed by atoms with E-state index in [4.69, 9.17) is 5.73 Å². The molecule has 0 aliphatic carbocycles. The number of thiazole rings is 1. The molecule has 0 bridgehead atoms. The van der Waals surface area contributed by atoms with Crippen LogP contribution in [0.2, 0.25) is 0 Å². The Hall–Kier alpha value is -3.91. The summed E-state index contributed by atoms with van der Waals surface area (Å²) in [5.74, 6) is -1.04. The fourth-order valence-corrected chi connectivity index (χ4v) is 4.65. The lowest BCUT2D eigenvalue weighted by Crippen LogP contribution is -2.34. The lowest BCUT2D eigenvalue weighted by atomic mass is 9.94. The van der Waals surface area contributed by atoms with E-state index < -0.39 is 5.92 Å². The van der Waals surface area contributed by atoms with E-state index in [-0.39, 0.29) is 24.1 Å². The highest BCUT2D eigenvalue weighted by atomic mass is 32.1. The number of hydrogen-bond acceptors (Lipinski definition) is 6. The van der Waals surface area contributed by atoms with Gasteiger partial charge in [0.2, 0.25) is 5.91 Å². The molecule has 1 heterocycles. The molecule has 1 unspecified atom stereocenters. The van der Waals surface area contributed by atoms with E-state index in [1.165, 1.54) is 11.3 Å². The Bertz CT molecular complexity index is 1380. The van der Waals surface area contributed by atoms with Crippen molar-refractivity contribution < 1.29 is 14.7 Å². The fraction of sp³-hybridized carbons (Fsp3) is 0.222. The van der Waals surface area contributed by atoms with E-state index in [1.807, 2.05) is 18.2 Å². The normalized spacial score (nSPS) is 12.0. The number of aromatic hydroxyl groups is 1. The predicted octanol–water partition coefficient (Wildman–Crippen LogP) is 5.17. The van der Waals surface area contributed by atoms with Crippen LogP contribution in [0.15, 0.2) is 60.7 Å². The molecule has 0 saturated heterocycles. The Morgan fingerprint density at radius 1 is 1.09 bits per heavy atom. The van der Waals surface area contributed by atoms with E-state index >= 15 is 0 Å². The van der Waals surface area contributed by atoms with Crippen LogP contribution < -0.4 is 16.4 Å². The van der Waals surface area contributed by atoms with Crippen LogP contribution in [-0.4, -0.2) is 28.4 Å². The molecule has 5 N–H and O–H groups in total. The zero-order chi connectivity index (χ0) is 25.1. The number of fused-ring (bicyclic) bond motifs is 1. The molecule has 3 aromatic carbocycles. The Labute approximate surface area is 208 Å². The molecule has 0 saturated carbocycles. The molecule has 4 rings (SSSR count). The van der Waals surface area contributed by atoms with Crippen LogP contribution in [0, 0.1) is 6.92 Å². The van der Waals surface area contributed by atoms with Gasteiger partial charge in [-0.05, 0) is 54.3 Å². The quantitative estimate of drug-likeness (QED) is 0.286. The van der Waals surface area contributed by atoms with Crippen LogP contribution >= 0.6 is 11.3 Å². The van der Waals surface area contributed by atoms with Gasteiger partial charge in [-0.3, -0.25) is 9.59 Å². The lowest BCUT2D eigenvalue weighted by Gasteiger charge is -2.20. The third kappa shape index (κ3) is 5.44. The number of anilines is 2. The minimum absolute atomic E-state index is 0.0172. The van der Waals surface area contributed by atoms with Crippen molar-refractivity contribution in [3.8, 4) is 5.75 Å². The van der Waals surface area contributed by atoms with Gasteiger partial charge in [-0.15, -0.1) is 0 Å². The van der Waals surface area contributed by atoms with Crippen LogP contribution in [0.3, 0.4) is 0 Å². The van der Waals surface area contributed by atoms with Crippen LogP contribution in [-0.2, 0) is 4.79 Å². The topological polar surface area (TPSA) is 117 Å². The van der Waals surface area contributed by atoms with E-state index in [1.54, 1.807) is 49.4 Å². The number of hydrogen-bond donors (Lipinski definition) is 4. The molecular weight excluding hydrogens is 460 g/mol. The molecule has 35 heavy (non-hydrogen) atoms. The Balaban J connectivity index is 1.56. The number of phenolic OH excluding ortho intramolecular Hbond substituents is 1. The number of aromatic nitrogens is 1. The maximum absolute atomic E-state index is 13.4. The highest BCUT2D eigenvalue weighted by molar-refractivity contribution is 7.22. The molecule has 2 amide bonds. The molecule has 1 atom stereocenters. The van der Waals surface area contributed by atoms with Crippen molar-refractivity contribution in [3.63, 3.8) is 0 Å². The first-order valence-electron chi connectivity index (χ1n) is 11.4. The number of nitrogens with zero attached hydrogens (tertiary/aromatic N) is 1. The summed E-state index contributed by atoms with van der Waals surface area (Å²) in [7, 11) is 0. The zero-order valence-corrected chi connectivity index (χ0v) is 20.6. The summed E-state index contributed by atoms with van der Waals surface area (Å²) in [6.07, 6.45) is 0. The zero-order valence-electron chi connectivity index (χ0n) is 19.8. The van der Waals surface area contributed by atoms with Gasteiger partial charge in [0.25, 0.3) is 5.91 Å². The van der Waals surface area contributed by atoms with Gasteiger partial charge in [-0.1, -0.05) is 55.5 Å². The van der Waals surface area contributed by atoms with Gasteiger partial charge < -0.3 is 21.5 Å². The summed E-state index contributed by atoms with van der Waals surface area (Å²) in [5.41, 5.74) is 9.88. The molecule has 180 valence electrons. The third-order valence-electron chi connectivity index (χ3n) is 5.94. The van der Waals surface area contributed by atoms with Crippen molar-refractivity contribution in [3.05, 3.63) is 82.9 Å². The summed E-state index contributed by atoms with van der Waals surface area (Å²) in [5, 5.41) is 16.9. The SMILES string of the molecule is Cc1cccc(C(CNC(=O)c2ccc(C(C)C)cc2)C(=O)Nc2ccc3nc(N)sc3c2)c1O. The number of phenols is 1. The van der Waals surface area contributed by atoms with Crippen LogP contribution in [0.1, 0.15) is 52.7 Å². The van der Waals surface area contributed by atoms with E-state index in [0.717, 1.165) is 15.8 Å². The first kappa shape index (κ1) is 24.2. The molecule has 0 aliphatic rings. The number of aryl methyl sites for hydroxylation is 1. The van der Waals surface area contributed by atoms with Gasteiger partial charge in [-0.25, -0.2) is 4.98 Å². The molecule has 0 radical (unpaired) electrons. The van der Waals surface area contributed by atoms with Gasteiger partial charge in [0.05, 0.1) is 16.1 Å². The molecular formula is C27H28N4O3S. The van der Waals surface area contributed by atoms with Gasteiger partial charge in [0.1, 0.15) is 5.75 Å². The third-order valence-corrected chi connectivity index (χ3v) is 6.79. The van der Waals surface area contributed by atoms with Crippen LogP contribution in [0.5, 0.6) is 5.75 Å². The summed E-state index contributed by atoms with van der Waals surface area (Å²) >= 11 is 1.34. The summed E-state index contributed by atoms with van der Waals surface area (Å²) in [4.78, 5) is 30.4. The van der Waals surface area contributed by atoms with Crippen molar-refractivity contribution in [1.82, 2.24) is 10.3 Å². The molecule has 0 fully saturated rings. The summed E-state index contributed by atoms with van der Waals surface area (Å²) in [6.45, 7) is 5.97. The number of amides is 2. The number of carbonyl (C=O) groups is 2. The minimum atomic E-state index is -0.809. The average molecular weight is 489 g/mol. The van der Waals surface area contributed by atoms with Crippen LogP contribution in [0.4, 0.5) is 10.8 Å². The minimum Gasteiger partial charge on any atom is -0.507 e. The maximum Gasteiger partial charge on any atom is 0.251 e. The number of nitrogens with one attached hydrogen (secondary N) is 2. The Morgan fingerprint density at radius 2 is 1.83 bits per heavy atom. The van der Waals surface area contributed by atoms with Crippen molar-refractivity contribution in [1.29, 1.82) is 0 Å². The lowest BCUT2D eigenvalue weighted by molar-refractivity contribution is -0.117. The molecule has 1 aromatic heterocycles. The van der Waals surface area contributed by atoms with E-state index in [0.29, 0.717) is 33.4 Å². The Kier molecular flexibility index (Phi) is 7.02. The fourth-order valence-electron chi connectivity index (χ4n) is 3.87. The number of nitrogen functional groups attached to an aromatic ring is 1.